The summed E-state index contributed by atoms with van der Waals surface area (Å²) >= 11 is 3.45. The Balaban J connectivity index is 3.09. The van der Waals surface area contributed by atoms with Crippen molar-refractivity contribution in [3.05, 3.63) is 28.2 Å². The Morgan fingerprint density at radius 3 is 2.67 bits per heavy atom. The molecule has 1 aromatic rings. The second-order valence-electron chi connectivity index (χ2n) is 3.82. The number of hydrogen-bond donors (Lipinski definition) is 1. The summed E-state index contributed by atoms with van der Waals surface area (Å²) in [5.41, 5.74) is 8.04. The minimum atomic E-state index is 0.290. The summed E-state index contributed by atoms with van der Waals surface area (Å²) in [6, 6.07) is 6.08. The van der Waals surface area contributed by atoms with E-state index in [1.807, 2.05) is 26.0 Å². The lowest BCUT2D eigenvalue weighted by atomic mass is 10.1. The first-order chi connectivity index (χ1) is 7.04. The summed E-state index contributed by atoms with van der Waals surface area (Å²) in [5.74, 6) is 0.977. The van der Waals surface area contributed by atoms with Gasteiger partial charge in [-0.1, -0.05) is 36.7 Å². The third kappa shape index (κ3) is 3.34. The second-order valence-corrected chi connectivity index (χ2v) is 4.73. The van der Waals surface area contributed by atoms with Crippen molar-refractivity contribution in [2.75, 3.05) is 0 Å². The molecule has 2 nitrogen and oxygen atoms in total. The molecule has 0 aliphatic rings. The highest BCUT2D eigenvalue weighted by Gasteiger charge is 2.03. The van der Waals surface area contributed by atoms with Crippen LogP contribution >= 0.6 is 15.9 Å². The second kappa shape index (κ2) is 5.31. The Kier molecular flexibility index (Phi) is 4.33. The van der Waals surface area contributed by atoms with Crippen LogP contribution in [0.3, 0.4) is 0 Å². The van der Waals surface area contributed by atoms with Gasteiger partial charge in [-0.15, -0.1) is 0 Å². The van der Waals surface area contributed by atoms with E-state index < -0.39 is 0 Å². The first-order valence-electron chi connectivity index (χ1n) is 5.17. The van der Waals surface area contributed by atoms with Gasteiger partial charge >= 0.3 is 0 Å². The number of nitrogens with two attached hydrogens (primary N) is 1. The van der Waals surface area contributed by atoms with Crippen molar-refractivity contribution in [3.8, 4) is 0 Å². The molecule has 82 valence electrons. The lowest BCUT2D eigenvalue weighted by Gasteiger charge is -2.07. The van der Waals surface area contributed by atoms with Crippen LogP contribution in [0.1, 0.15) is 26.3 Å². The van der Waals surface area contributed by atoms with Crippen molar-refractivity contribution < 1.29 is 0 Å². The molecule has 15 heavy (non-hydrogen) atoms. The number of rotatable bonds is 3. The zero-order chi connectivity index (χ0) is 11.4. The maximum absolute atomic E-state index is 5.85. The van der Waals surface area contributed by atoms with E-state index in [1.165, 1.54) is 5.56 Å². The predicted molar refractivity (Wildman–Crippen MR) is 69.6 cm³/mol. The van der Waals surface area contributed by atoms with E-state index in [4.69, 9.17) is 5.73 Å². The van der Waals surface area contributed by atoms with Crippen molar-refractivity contribution in [1.29, 1.82) is 0 Å². The molecule has 0 unspecified atom stereocenters. The minimum Gasteiger partial charge on any atom is -0.387 e. The third-order valence-corrected chi connectivity index (χ3v) is 2.76. The van der Waals surface area contributed by atoms with Crippen molar-refractivity contribution in [3.63, 3.8) is 0 Å². The van der Waals surface area contributed by atoms with Crippen LogP contribution in [0.2, 0.25) is 0 Å². The van der Waals surface area contributed by atoms with E-state index in [2.05, 4.69) is 33.9 Å². The van der Waals surface area contributed by atoms with Gasteiger partial charge in [-0.3, -0.25) is 0 Å². The summed E-state index contributed by atoms with van der Waals surface area (Å²) in [5, 5.41) is 0. The molecule has 0 heterocycles. The highest BCUT2D eigenvalue weighted by Crippen LogP contribution is 2.24. The van der Waals surface area contributed by atoms with E-state index in [9.17, 15) is 0 Å². The van der Waals surface area contributed by atoms with Gasteiger partial charge in [0.05, 0.1) is 5.69 Å². The fourth-order valence-corrected chi connectivity index (χ4v) is 1.62. The van der Waals surface area contributed by atoms with Gasteiger partial charge in [0.2, 0.25) is 0 Å². The Labute approximate surface area is 99.7 Å². The van der Waals surface area contributed by atoms with Crippen LogP contribution in [-0.2, 0) is 6.42 Å². The number of benzene rings is 1. The van der Waals surface area contributed by atoms with E-state index >= 15 is 0 Å². The molecule has 0 saturated heterocycles. The van der Waals surface area contributed by atoms with Crippen LogP contribution in [0.25, 0.3) is 0 Å². The van der Waals surface area contributed by atoms with Crippen molar-refractivity contribution >= 4 is 27.5 Å². The summed E-state index contributed by atoms with van der Waals surface area (Å²) in [6.45, 7) is 6.21. The third-order valence-electron chi connectivity index (χ3n) is 2.26. The molecule has 0 aliphatic carbocycles. The molecule has 0 radical (unpaired) electrons. The van der Waals surface area contributed by atoms with Gasteiger partial charge in [-0.25, -0.2) is 4.99 Å². The fraction of sp³-hybridized carbons (Fsp3) is 0.417. The summed E-state index contributed by atoms with van der Waals surface area (Å²) < 4.78 is 1.08. The minimum absolute atomic E-state index is 0.290. The number of halogens is 1. The SMILES string of the molecule is CCc1cc(Br)ccc1N=C(N)C(C)C. The average molecular weight is 269 g/mol. The van der Waals surface area contributed by atoms with Crippen molar-refractivity contribution in [1.82, 2.24) is 0 Å². The van der Waals surface area contributed by atoms with Crippen LogP contribution in [0.15, 0.2) is 27.7 Å². The van der Waals surface area contributed by atoms with Gasteiger partial charge in [0, 0.05) is 10.4 Å². The van der Waals surface area contributed by atoms with Crippen LogP contribution < -0.4 is 5.73 Å². The summed E-state index contributed by atoms with van der Waals surface area (Å²) in [6.07, 6.45) is 0.962. The van der Waals surface area contributed by atoms with Crippen LogP contribution in [0.5, 0.6) is 0 Å². The standard InChI is InChI=1S/C12H17BrN2/c1-4-9-7-10(13)5-6-11(9)15-12(14)8(2)3/h5-8H,4H2,1-3H3,(H2,14,15). The predicted octanol–water partition coefficient (Wildman–Crippen LogP) is 3.66. The first-order valence-corrected chi connectivity index (χ1v) is 5.96. The summed E-state index contributed by atoms with van der Waals surface area (Å²) in [4.78, 5) is 4.44. The molecule has 0 atom stereocenters. The number of hydrogen-bond acceptors (Lipinski definition) is 1. The van der Waals surface area contributed by atoms with Gasteiger partial charge in [0.25, 0.3) is 0 Å². The quantitative estimate of drug-likeness (QED) is 0.660. The highest BCUT2D eigenvalue weighted by atomic mass is 79.9. The largest absolute Gasteiger partial charge is 0.387 e. The molecule has 1 rings (SSSR count). The number of amidine groups is 1. The lowest BCUT2D eigenvalue weighted by Crippen LogP contribution is -2.18. The molecule has 0 saturated carbocycles. The number of aryl methyl sites for hydroxylation is 1. The van der Waals surface area contributed by atoms with Crippen LogP contribution in [0, 0.1) is 5.92 Å². The van der Waals surface area contributed by atoms with E-state index in [-0.39, 0.29) is 0 Å². The monoisotopic (exact) mass is 268 g/mol. The molecule has 0 bridgehead atoms. The Bertz CT molecular complexity index is 370. The average Bonchev–Trinajstić information content (AvgIpc) is 2.20. The maximum atomic E-state index is 5.85. The summed E-state index contributed by atoms with van der Waals surface area (Å²) in [7, 11) is 0. The Morgan fingerprint density at radius 1 is 1.47 bits per heavy atom. The molecule has 0 aromatic heterocycles. The highest BCUT2D eigenvalue weighted by molar-refractivity contribution is 9.10. The normalized spacial score (nSPS) is 12.2. The van der Waals surface area contributed by atoms with Gasteiger partial charge < -0.3 is 5.73 Å². The molecule has 0 amide bonds. The smallest absolute Gasteiger partial charge is 0.102 e. The Hall–Kier alpha value is -0.830. The van der Waals surface area contributed by atoms with Crippen molar-refractivity contribution in [2.24, 2.45) is 16.6 Å². The molecule has 0 fully saturated rings. The maximum Gasteiger partial charge on any atom is 0.102 e. The molecular formula is C12H17BrN2. The van der Waals surface area contributed by atoms with E-state index in [1.54, 1.807) is 0 Å². The van der Waals surface area contributed by atoms with Crippen molar-refractivity contribution in [2.45, 2.75) is 27.2 Å². The number of aliphatic imine (C=N–C) groups is 1. The van der Waals surface area contributed by atoms with Gasteiger partial charge in [0.15, 0.2) is 0 Å². The van der Waals surface area contributed by atoms with E-state index in [0.29, 0.717) is 11.8 Å². The molecule has 3 heteroatoms. The molecule has 0 spiro atoms. The molecular weight excluding hydrogens is 252 g/mol. The first kappa shape index (κ1) is 12.2. The van der Waals surface area contributed by atoms with E-state index in [0.717, 1.165) is 16.6 Å². The molecule has 1 aromatic carbocycles. The topological polar surface area (TPSA) is 38.4 Å². The van der Waals surface area contributed by atoms with Gasteiger partial charge in [-0.05, 0) is 30.2 Å². The van der Waals surface area contributed by atoms with Gasteiger partial charge in [-0.2, -0.15) is 0 Å². The molecule has 0 aliphatic heterocycles. The van der Waals surface area contributed by atoms with Crippen LogP contribution in [0.4, 0.5) is 5.69 Å². The lowest BCUT2D eigenvalue weighted by molar-refractivity contribution is 0.872. The molecule has 2 N–H and O–H groups in total. The Morgan fingerprint density at radius 2 is 2.13 bits per heavy atom. The number of nitrogens with zero attached hydrogens (tertiary/aromatic N) is 1. The zero-order valence-electron chi connectivity index (χ0n) is 9.42. The van der Waals surface area contributed by atoms with Crippen LogP contribution in [-0.4, -0.2) is 5.84 Å². The fourth-order valence-electron chi connectivity index (χ4n) is 1.21. The zero-order valence-corrected chi connectivity index (χ0v) is 11.0. The van der Waals surface area contributed by atoms with Gasteiger partial charge in [0.1, 0.15) is 5.84 Å².